The number of anilines is 1. The molecule has 0 radical (unpaired) electrons. The Morgan fingerprint density at radius 3 is 2.56 bits per heavy atom. The van der Waals surface area contributed by atoms with Crippen molar-refractivity contribution in [3.8, 4) is 11.6 Å². The van der Waals surface area contributed by atoms with Crippen molar-refractivity contribution in [2.75, 3.05) is 25.1 Å². The van der Waals surface area contributed by atoms with Gasteiger partial charge in [-0.25, -0.2) is 9.67 Å². The second-order valence-electron chi connectivity index (χ2n) is 7.00. The lowest BCUT2D eigenvalue weighted by molar-refractivity contribution is 0.380. The molecule has 3 aromatic rings. The fraction of sp³-hybridized carbons (Fsp3) is 0.381. The van der Waals surface area contributed by atoms with Crippen molar-refractivity contribution in [1.29, 1.82) is 0 Å². The number of methoxy groups -OCH3 is 1. The van der Waals surface area contributed by atoms with Gasteiger partial charge in [0.15, 0.2) is 5.82 Å². The lowest BCUT2D eigenvalue weighted by Crippen LogP contribution is -2.34. The maximum Gasteiger partial charge on any atom is 0.173 e. The van der Waals surface area contributed by atoms with E-state index < -0.39 is 0 Å². The molecule has 6 heteroatoms. The molecule has 0 aliphatic carbocycles. The third kappa shape index (κ3) is 4.27. The quantitative estimate of drug-likeness (QED) is 0.671. The molecule has 3 heterocycles. The van der Waals surface area contributed by atoms with Gasteiger partial charge in [0.2, 0.25) is 0 Å². The zero-order valence-electron chi connectivity index (χ0n) is 15.7. The minimum Gasteiger partial charge on any atom is -0.497 e. The molecule has 4 rings (SSSR count). The minimum absolute atomic E-state index is 0.763. The number of rotatable bonds is 6. The van der Waals surface area contributed by atoms with Crippen molar-refractivity contribution in [3.63, 3.8) is 0 Å². The van der Waals surface area contributed by atoms with Crippen LogP contribution in [0.1, 0.15) is 24.8 Å². The van der Waals surface area contributed by atoms with Crippen molar-refractivity contribution in [3.05, 3.63) is 60.7 Å². The van der Waals surface area contributed by atoms with Crippen LogP contribution in [0.2, 0.25) is 0 Å². The summed E-state index contributed by atoms with van der Waals surface area (Å²) in [5, 5.41) is 4.24. The van der Waals surface area contributed by atoms with Gasteiger partial charge in [-0.3, -0.25) is 4.98 Å². The maximum atomic E-state index is 5.23. The number of benzene rings is 1. The van der Waals surface area contributed by atoms with Gasteiger partial charge < -0.3 is 9.64 Å². The van der Waals surface area contributed by atoms with Crippen molar-refractivity contribution in [1.82, 2.24) is 19.7 Å². The van der Waals surface area contributed by atoms with E-state index in [4.69, 9.17) is 9.72 Å². The van der Waals surface area contributed by atoms with Gasteiger partial charge in [-0.2, -0.15) is 5.10 Å². The second kappa shape index (κ2) is 8.20. The van der Waals surface area contributed by atoms with E-state index in [1.54, 1.807) is 24.2 Å². The Morgan fingerprint density at radius 2 is 1.85 bits per heavy atom. The number of aromatic nitrogens is 4. The van der Waals surface area contributed by atoms with Gasteiger partial charge in [-0.05, 0) is 55.4 Å². The molecule has 1 fully saturated rings. The Morgan fingerprint density at radius 1 is 1.07 bits per heavy atom. The van der Waals surface area contributed by atoms with Crippen LogP contribution in [0, 0.1) is 5.92 Å². The Kier molecular flexibility index (Phi) is 5.32. The van der Waals surface area contributed by atoms with Crippen LogP contribution in [0.15, 0.2) is 55.1 Å². The predicted octanol–water partition coefficient (Wildman–Crippen LogP) is 3.52. The van der Waals surface area contributed by atoms with E-state index in [1.165, 1.54) is 24.8 Å². The van der Waals surface area contributed by atoms with E-state index in [0.717, 1.165) is 42.8 Å². The first-order valence-corrected chi connectivity index (χ1v) is 9.52. The van der Waals surface area contributed by atoms with Crippen molar-refractivity contribution < 1.29 is 4.74 Å². The average Bonchev–Trinajstić information content (AvgIpc) is 3.28. The summed E-state index contributed by atoms with van der Waals surface area (Å²) in [5.74, 6) is 3.40. The lowest BCUT2D eigenvalue weighted by Gasteiger charge is -2.32. The third-order valence-corrected chi connectivity index (χ3v) is 5.29. The third-order valence-electron chi connectivity index (χ3n) is 5.29. The fourth-order valence-corrected chi connectivity index (χ4v) is 3.63. The molecule has 0 atom stereocenters. The van der Waals surface area contributed by atoms with Crippen LogP contribution < -0.4 is 9.64 Å². The number of ether oxygens (including phenoxy) is 1. The van der Waals surface area contributed by atoms with E-state index >= 15 is 0 Å². The molecular formula is C21H25N5O. The highest BCUT2D eigenvalue weighted by Crippen LogP contribution is 2.25. The first kappa shape index (κ1) is 17.5. The van der Waals surface area contributed by atoms with Gasteiger partial charge in [0.05, 0.1) is 19.5 Å². The molecule has 0 bridgehead atoms. The van der Waals surface area contributed by atoms with Gasteiger partial charge in [-0.1, -0.05) is 12.1 Å². The highest BCUT2D eigenvalue weighted by molar-refractivity contribution is 5.39. The van der Waals surface area contributed by atoms with Crippen molar-refractivity contribution >= 4 is 5.82 Å². The van der Waals surface area contributed by atoms with Gasteiger partial charge in [0.25, 0.3) is 0 Å². The molecule has 0 N–H and O–H groups in total. The fourth-order valence-electron chi connectivity index (χ4n) is 3.63. The number of hydrogen-bond donors (Lipinski definition) is 0. The zero-order chi connectivity index (χ0) is 18.5. The van der Waals surface area contributed by atoms with Gasteiger partial charge in [-0.15, -0.1) is 0 Å². The van der Waals surface area contributed by atoms with E-state index in [1.807, 2.05) is 30.6 Å². The summed E-state index contributed by atoms with van der Waals surface area (Å²) in [6.45, 7) is 2.06. The van der Waals surface area contributed by atoms with E-state index in [-0.39, 0.29) is 0 Å². The summed E-state index contributed by atoms with van der Waals surface area (Å²) in [6.07, 6.45) is 12.0. The Hall–Kier alpha value is -2.89. The van der Waals surface area contributed by atoms with Crippen LogP contribution >= 0.6 is 0 Å². The highest BCUT2D eigenvalue weighted by Gasteiger charge is 2.20. The second-order valence-corrected chi connectivity index (χ2v) is 7.00. The Labute approximate surface area is 159 Å². The first-order chi connectivity index (χ1) is 13.3. The minimum atomic E-state index is 0.763. The molecule has 0 unspecified atom stereocenters. The van der Waals surface area contributed by atoms with Crippen LogP contribution in [-0.2, 0) is 6.42 Å². The predicted molar refractivity (Wildman–Crippen MR) is 105 cm³/mol. The van der Waals surface area contributed by atoms with Crippen LogP contribution in [0.4, 0.5) is 5.82 Å². The topological polar surface area (TPSA) is 56.1 Å². The summed E-state index contributed by atoms with van der Waals surface area (Å²) >= 11 is 0. The van der Waals surface area contributed by atoms with Crippen molar-refractivity contribution in [2.24, 2.45) is 5.92 Å². The Bertz CT molecular complexity index is 839. The van der Waals surface area contributed by atoms with E-state index in [0.29, 0.717) is 0 Å². The Balaban J connectivity index is 1.30. The summed E-state index contributed by atoms with van der Waals surface area (Å²) in [4.78, 5) is 11.4. The summed E-state index contributed by atoms with van der Waals surface area (Å²) in [5.41, 5.74) is 1.39. The van der Waals surface area contributed by atoms with Crippen LogP contribution in [0.25, 0.3) is 5.82 Å². The summed E-state index contributed by atoms with van der Waals surface area (Å²) in [6, 6.07) is 10.3. The summed E-state index contributed by atoms with van der Waals surface area (Å²) < 4.78 is 6.98. The van der Waals surface area contributed by atoms with Crippen LogP contribution in [0.5, 0.6) is 5.75 Å². The van der Waals surface area contributed by atoms with Gasteiger partial charge in [0, 0.05) is 25.5 Å². The molecule has 1 aromatic carbocycles. The average molecular weight is 363 g/mol. The number of aryl methyl sites for hydroxylation is 1. The molecule has 0 saturated carbocycles. The number of nitrogens with zero attached hydrogens (tertiary/aromatic N) is 5. The molecular weight excluding hydrogens is 338 g/mol. The molecule has 0 spiro atoms. The van der Waals surface area contributed by atoms with Crippen molar-refractivity contribution in [2.45, 2.75) is 25.7 Å². The molecule has 6 nitrogen and oxygen atoms in total. The van der Waals surface area contributed by atoms with Crippen LogP contribution in [0.3, 0.4) is 0 Å². The zero-order valence-corrected chi connectivity index (χ0v) is 15.7. The number of piperidine rings is 1. The number of hydrogen-bond acceptors (Lipinski definition) is 5. The highest BCUT2D eigenvalue weighted by atomic mass is 16.5. The molecule has 1 aliphatic rings. The molecule has 1 aliphatic heterocycles. The normalized spacial score (nSPS) is 15.1. The largest absolute Gasteiger partial charge is 0.497 e. The standard InChI is InChI=1S/C21H25N5O/c1-27-19-7-5-17(6-8-19)3-4-18-9-13-25(14-10-18)20-15-22-16-21(24-20)26-12-2-11-23-26/h2,5-8,11-12,15-16,18H,3-4,9-10,13-14H2,1H3. The molecule has 1 saturated heterocycles. The molecule has 140 valence electrons. The smallest absolute Gasteiger partial charge is 0.173 e. The monoisotopic (exact) mass is 363 g/mol. The van der Waals surface area contributed by atoms with E-state index in [9.17, 15) is 0 Å². The summed E-state index contributed by atoms with van der Waals surface area (Å²) in [7, 11) is 1.71. The molecule has 2 aromatic heterocycles. The van der Waals surface area contributed by atoms with E-state index in [2.05, 4.69) is 27.1 Å². The molecule has 0 amide bonds. The van der Waals surface area contributed by atoms with Gasteiger partial charge >= 0.3 is 0 Å². The maximum absolute atomic E-state index is 5.23. The van der Waals surface area contributed by atoms with Crippen LogP contribution in [-0.4, -0.2) is 39.9 Å². The van der Waals surface area contributed by atoms with Gasteiger partial charge in [0.1, 0.15) is 11.6 Å². The first-order valence-electron chi connectivity index (χ1n) is 9.52. The SMILES string of the molecule is COc1ccc(CCC2CCN(c3cncc(-n4cccn4)n3)CC2)cc1. The molecule has 27 heavy (non-hydrogen) atoms. The lowest BCUT2D eigenvalue weighted by atomic mass is 9.90.